The second kappa shape index (κ2) is 10.5. The number of nitrogen functional groups attached to an aromatic ring is 1. The number of rotatable bonds is 7. The third-order valence-corrected chi connectivity index (χ3v) is 17.2. The predicted octanol–water partition coefficient (Wildman–Crippen LogP) is 5.82. The summed E-state index contributed by atoms with van der Waals surface area (Å²) in [6.07, 6.45) is 1.02. The van der Waals surface area contributed by atoms with E-state index in [0.717, 1.165) is 0 Å². The van der Waals surface area contributed by atoms with Crippen molar-refractivity contribution < 1.29 is 23.1 Å². The molecule has 1 saturated heterocycles. The van der Waals surface area contributed by atoms with E-state index in [4.69, 9.17) is 24.1 Å². The molecule has 220 valence electrons. The molecule has 1 aliphatic heterocycles. The fraction of sp³-hybridized carbons (Fsp3) is 0.778. The number of nitrogens with two attached hydrogens (primary N) is 1. The Bertz CT molecular complexity index is 1180. The quantitative estimate of drug-likeness (QED) is 0.319. The van der Waals surface area contributed by atoms with Crippen molar-refractivity contribution in [2.45, 2.75) is 135 Å². The molecule has 12 heteroatoms. The largest absolute Gasteiger partial charge is 0.458 e. The van der Waals surface area contributed by atoms with E-state index < -0.39 is 52.7 Å². The average molecular weight is 580 g/mol. The van der Waals surface area contributed by atoms with Crippen molar-refractivity contribution in [3.8, 4) is 0 Å². The van der Waals surface area contributed by atoms with Gasteiger partial charge in [0.05, 0.1) is 12.4 Å². The minimum absolute atomic E-state index is 0.0410. The predicted molar refractivity (Wildman–Crippen MR) is 158 cm³/mol. The van der Waals surface area contributed by atoms with Crippen LogP contribution in [0.5, 0.6) is 0 Å². The van der Waals surface area contributed by atoms with Gasteiger partial charge in [-0.15, -0.1) is 0 Å². The van der Waals surface area contributed by atoms with Crippen LogP contribution >= 0.6 is 0 Å². The zero-order valence-electron chi connectivity index (χ0n) is 26.1. The van der Waals surface area contributed by atoms with E-state index in [0.29, 0.717) is 23.4 Å². The Morgan fingerprint density at radius 1 is 1.00 bits per heavy atom. The van der Waals surface area contributed by atoms with Gasteiger partial charge in [0.1, 0.15) is 29.8 Å². The molecule has 0 saturated carbocycles. The Morgan fingerprint density at radius 2 is 1.59 bits per heavy atom. The van der Waals surface area contributed by atoms with Gasteiger partial charge in [0.2, 0.25) is 0 Å². The van der Waals surface area contributed by atoms with Gasteiger partial charge in [-0.05, 0) is 57.0 Å². The highest BCUT2D eigenvalue weighted by Gasteiger charge is 2.53. The lowest BCUT2D eigenvalue weighted by molar-refractivity contribution is -0.175. The summed E-state index contributed by atoms with van der Waals surface area (Å²) in [5.74, 6) is -0.140. The third kappa shape index (κ3) is 6.90. The number of anilines is 1. The van der Waals surface area contributed by atoms with Gasteiger partial charge in [-0.2, -0.15) is 0 Å². The molecule has 0 aromatic carbocycles. The van der Waals surface area contributed by atoms with E-state index in [1.54, 1.807) is 6.33 Å². The second-order valence-electron chi connectivity index (χ2n) is 14.6. The van der Waals surface area contributed by atoms with Crippen LogP contribution in [-0.4, -0.2) is 66.0 Å². The molecule has 0 aliphatic carbocycles. The van der Waals surface area contributed by atoms with Crippen LogP contribution in [-0.2, 0) is 23.1 Å². The van der Waals surface area contributed by atoms with Crippen LogP contribution in [0.3, 0.4) is 0 Å². The summed E-state index contributed by atoms with van der Waals surface area (Å²) in [7, 11) is -4.68. The smallest absolute Gasteiger partial charge is 0.337 e. The first-order valence-electron chi connectivity index (χ1n) is 13.7. The maximum Gasteiger partial charge on any atom is 0.337 e. The summed E-state index contributed by atoms with van der Waals surface area (Å²) in [6.45, 7) is 27.3. The van der Waals surface area contributed by atoms with Crippen LogP contribution < -0.4 is 5.73 Å². The number of carbonyl (C=O) groups excluding carboxylic acids is 1. The standard InChI is InChI=1S/C27H49N5O5Si2/c1-25(2,3)35-24(33)21(37-39(12,13)27(7,8)9)20-17(36-38(10,11)26(4,5)6)14-18(34-20)32-16-31-19-22(28)29-15-30-23(19)32/h15-18,20-21H,14H2,1-13H3,(H2,28,29,30)/t17-,18+,20-,21?/m0/s1. The topological polar surface area (TPSA) is 124 Å². The van der Waals surface area contributed by atoms with Gasteiger partial charge in [-0.1, -0.05) is 41.5 Å². The molecule has 2 aromatic heterocycles. The minimum Gasteiger partial charge on any atom is -0.458 e. The molecular formula is C27H49N5O5Si2. The molecular weight excluding hydrogens is 530 g/mol. The number of fused-ring (bicyclic) bond motifs is 1. The molecule has 3 rings (SSSR count). The van der Waals surface area contributed by atoms with Crippen molar-refractivity contribution >= 4 is 39.6 Å². The molecule has 2 aromatic rings. The van der Waals surface area contributed by atoms with Crippen molar-refractivity contribution in [3.05, 3.63) is 12.7 Å². The monoisotopic (exact) mass is 579 g/mol. The van der Waals surface area contributed by atoms with Gasteiger partial charge < -0.3 is 24.1 Å². The summed E-state index contributed by atoms with van der Waals surface area (Å²) < 4.78 is 28.2. The first-order valence-corrected chi connectivity index (χ1v) is 19.5. The number of carbonyl (C=O) groups is 1. The van der Waals surface area contributed by atoms with Crippen LogP contribution in [0.1, 0.15) is 75.0 Å². The summed E-state index contributed by atoms with van der Waals surface area (Å²) in [5.41, 5.74) is 6.44. The van der Waals surface area contributed by atoms with Gasteiger partial charge in [-0.3, -0.25) is 4.57 Å². The number of nitrogens with zero attached hydrogens (tertiary/aromatic N) is 4. The molecule has 2 N–H and O–H groups in total. The molecule has 39 heavy (non-hydrogen) atoms. The highest BCUT2D eigenvalue weighted by atomic mass is 28.4. The van der Waals surface area contributed by atoms with Crippen molar-refractivity contribution in [3.63, 3.8) is 0 Å². The third-order valence-electron chi connectivity index (χ3n) is 8.23. The number of ether oxygens (including phenoxy) is 2. The lowest BCUT2D eigenvalue weighted by Crippen LogP contribution is -2.55. The van der Waals surface area contributed by atoms with E-state index in [9.17, 15) is 4.79 Å². The van der Waals surface area contributed by atoms with Crippen LogP contribution in [0.15, 0.2) is 12.7 Å². The molecule has 4 atom stereocenters. The van der Waals surface area contributed by atoms with Gasteiger partial charge in [0.25, 0.3) is 0 Å². The summed E-state index contributed by atoms with van der Waals surface area (Å²) in [4.78, 5) is 26.7. The van der Waals surface area contributed by atoms with E-state index in [2.05, 4.69) is 82.7 Å². The number of imidazole rings is 1. The molecule has 1 unspecified atom stereocenters. The number of esters is 1. The Hall–Kier alpha value is -1.87. The van der Waals surface area contributed by atoms with E-state index in [-0.39, 0.29) is 10.1 Å². The highest BCUT2D eigenvalue weighted by Crippen LogP contribution is 2.44. The molecule has 3 heterocycles. The number of aromatic nitrogens is 4. The van der Waals surface area contributed by atoms with Crippen molar-refractivity contribution in [2.75, 3.05) is 5.73 Å². The number of hydrogen-bond acceptors (Lipinski definition) is 9. The molecule has 1 aliphatic rings. The molecule has 0 bridgehead atoms. The van der Waals surface area contributed by atoms with Gasteiger partial charge in [0.15, 0.2) is 34.2 Å². The van der Waals surface area contributed by atoms with Crippen LogP contribution in [0.4, 0.5) is 5.82 Å². The van der Waals surface area contributed by atoms with Crippen molar-refractivity contribution in [1.29, 1.82) is 0 Å². The minimum atomic E-state index is -2.42. The lowest BCUT2D eigenvalue weighted by atomic mass is 10.1. The van der Waals surface area contributed by atoms with Crippen LogP contribution in [0, 0.1) is 0 Å². The van der Waals surface area contributed by atoms with E-state index >= 15 is 0 Å². The van der Waals surface area contributed by atoms with Gasteiger partial charge >= 0.3 is 5.97 Å². The first-order chi connectivity index (χ1) is 17.5. The first kappa shape index (κ1) is 31.7. The average Bonchev–Trinajstić information content (AvgIpc) is 3.33. The zero-order chi connectivity index (χ0) is 29.8. The number of hydrogen-bond donors (Lipinski definition) is 1. The van der Waals surface area contributed by atoms with Crippen LogP contribution in [0.2, 0.25) is 36.3 Å². The van der Waals surface area contributed by atoms with Crippen LogP contribution in [0.25, 0.3) is 11.2 Å². The fourth-order valence-corrected chi connectivity index (χ4v) is 6.52. The summed E-state index contributed by atoms with van der Waals surface area (Å²) in [5, 5.41) is -0.170. The SMILES string of the molecule is CC(C)(C)OC(=O)C(O[Si](C)(C)C(C)(C)C)[C@H]1O[C@@H](n2cnc3c(N)ncnc32)C[C@@H]1O[Si](C)(C)C(C)(C)C. The van der Waals surface area contributed by atoms with Gasteiger partial charge in [-0.25, -0.2) is 19.7 Å². The molecule has 10 nitrogen and oxygen atoms in total. The molecule has 0 radical (unpaired) electrons. The zero-order valence-corrected chi connectivity index (χ0v) is 28.1. The molecule has 0 spiro atoms. The van der Waals surface area contributed by atoms with E-state index in [1.807, 2.05) is 25.3 Å². The maximum absolute atomic E-state index is 13.8. The summed E-state index contributed by atoms with van der Waals surface area (Å²) >= 11 is 0. The Kier molecular flexibility index (Phi) is 8.53. The summed E-state index contributed by atoms with van der Waals surface area (Å²) in [6, 6.07) is 0. The van der Waals surface area contributed by atoms with E-state index in [1.165, 1.54) is 6.33 Å². The van der Waals surface area contributed by atoms with Gasteiger partial charge in [0, 0.05) is 6.42 Å². The Balaban J connectivity index is 2.09. The molecule has 1 fully saturated rings. The Morgan fingerprint density at radius 3 is 2.13 bits per heavy atom. The normalized spacial score (nSPS) is 22.3. The fourth-order valence-electron chi connectivity index (χ4n) is 3.96. The highest BCUT2D eigenvalue weighted by molar-refractivity contribution is 6.74. The second-order valence-corrected chi connectivity index (χ2v) is 24.1. The molecule has 0 amide bonds. The van der Waals surface area contributed by atoms with Crippen molar-refractivity contribution in [1.82, 2.24) is 19.5 Å². The maximum atomic E-state index is 13.8. The lowest BCUT2D eigenvalue weighted by Gasteiger charge is -2.43. The Labute approximate surface area is 235 Å². The van der Waals surface area contributed by atoms with Crippen molar-refractivity contribution in [2.24, 2.45) is 0 Å².